The van der Waals surface area contributed by atoms with E-state index in [2.05, 4.69) is 16.2 Å². The number of rotatable bonds is 8. The molecule has 2 aromatic heterocycles. The summed E-state index contributed by atoms with van der Waals surface area (Å²) in [5.41, 5.74) is 8.09. The van der Waals surface area contributed by atoms with Gasteiger partial charge in [-0.2, -0.15) is 10.4 Å². The molecule has 0 saturated heterocycles. The maximum Gasteiger partial charge on any atom is 0.140 e. The van der Waals surface area contributed by atoms with Gasteiger partial charge in [0.1, 0.15) is 52.8 Å². The molecule has 4 aromatic rings. The van der Waals surface area contributed by atoms with Gasteiger partial charge >= 0.3 is 0 Å². The molecule has 0 aliphatic heterocycles. The van der Waals surface area contributed by atoms with E-state index < -0.39 is 5.82 Å². The molecule has 2 aromatic carbocycles. The number of nitrogens with two attached hydrogens (primary N) is 1. The second kappa shape index (κ2) is 9.42. The fourth-order valence-electron chi connectivity index (χ4n) is 3.23. The Morgan fingerprint density at radius 1 is 1.15 bits per heavy atom. The monoisotopic (exact) mass is 448 g/mol. The molecule has 9 nitrogen and oxygen atoms in total. The third kappa shape index (κ3) is 4.78. The minimum Gasteiger partial charge on any atom is -0.487 e. The number of hydrogen-bond donors (Lipinski definition) is 2. The van der Waals surface area contributed by atoms with Crippen LogP contribution in [-0.4, -0.2) is 31.0 Å². The second-order valence-corrected chi connectivity index (χ2v) is 7.20. The lowest BCUT2D eigenvalue weighted by atomic mass is 10.1. The zero-order chi connectivity index (χ0) is 23.4. The van der Waals surface area contributed by atoms with Gasteiger partial charge in [0.15, 0.2) is 0 Å². The van der Waals surface area contributed by atoms with Crippen molar-refractivity contribution >= 4 is 5.82 Å². The number of benzene rings is 2. The van der Waals surface area contributed by atoms with E-state index >= 15 is 0 Å². The van der Waals surface area contributed by atoms with Gasteiger partial charge in [-0.05, 0) is 24.3 Å². The molecule has 33 heavy (non-hydrogen) atoms. The minimum absolute atomic E-state index is 0.148. The van der Waals surface area contributed by atoms with Crippen LogP contribution >= 0.6 is 0 Å². The SMILES string of the molecule is Cn1cncc1COc1cc(F)cc(Oc2ccc(-c3nn(CCO)c(N)c3C#N)cc2)c1. The van der Waals surface area contributed by atoms with E-state index in [4.69, 9.17) is 20.3 Å². The van der Waals surface area contributed by atoms with Gasteiger partial charge in [0.25, 0.3) is 0 Å². The lowest BCUT2D eigenvalue weighted by Gasteiger charge is -2.10. The highest BCUT2D eigenvalue weighted by atomic mass is 19.1. The summed E-state index contributed by atoms with van der Waals surface area (Å²) in [6, 6.07) is 13.0. The van der Waals surface area contributed by atoms with E-state index in [9.17, 15) is 9.65 Å². The topological polar surface area (TPSA) is 124 Å². The summed E-state index contributed by atoms with van der Waals surface area (Å²) in [6.07, 6.45) is 3.34. The normalized spacial score (nSPS) is 10.7. The molecule has 10 heteroatoms. The largest absolute Gasteiger partial charge is 0.487 e. The number of imidazole rings is 1. The summed E-state index contributed by atoms with van der Waals surface area (Å²) < 4.78 is 28.8. The van der Waals surface area contributed by atoms with Crippen LogP contribution in [0.3, 0.4) is 0 Å². The zero-order valence-electron chi connectivity index (χ0n) is 17.8. The van der Waals surface area contributed by atoms with E-state index in [0.29, 0.717) is 22.8 Å². The van der Waals surface area contributed by atoms with Gasteiger partial charge in [0.2, 0.25) is 0 Å². The fraction of sp³-hybridized carbons (Fsp3) is 0.174. The number of aliphatic hydroxyl groups is 1. The first-order valence-corrected chi connectivity index (χ1v) is 10.0. The van der Waals surface area contributed by atoms with Crippen LogP contribution in [0.2, 0.25) is 0 Å². The van der Waals surface area contributed by atoms with Gasteiger partial charge in [-0.1, -0.05) is 0 Å². The van der Waals surface area contributed by atoms with Crippen LogP contribution in [0, 0.1) is 17.1 Å². The molecule has 0 bridgehead atoms. The lowest BCUT2D eigenvalue weighted by Crippen LogP contribution is -2.07. The van der Waals surface area contributed by atoms with Gasteiger partial charge in [0, 0.05) is 30.8 Å². The molecular weight excluding hydrogens is 427 g/mol. The standard InChI is InChI=1S/C23H21FN6O3/c1-29-14-27-12-17(29)13-32-19-8-16(24)9-20(10-19)33-18-4-2-15(3-5-18)22-21(11-25)23(26)30(28-22)6-7-31/h2-5,8-10,12,14,31H,6-7,13,26H2,1H3. The number of hydrogen-bond acceptors (Lipinski definition) is 7. The molecule has 0 aliphatic rings. The summed E-state index contributed by atoms with van der Waals surface area (Å²) in [4.78, 5) is 4.02. The van der Waals surface area contributed by atoms with E-state index in [1.165, 1.54) is 16.8 Å². The Balaban J connectivity index is 1.51. The molecule has 0 radical (unpaired) electrons. The molecule has 2 heterocycles. The van der Waals surface area contributed by atoms with Crippen molar-refractivity contribution in [3.05, 3.63) is 72.1 Å². The number of nitrogen functional groups attached to an aromatic ring is 1. The number of ether oxygens (including phenoxy) is 2. The van der Waals surface area contributed by atoms with Crippen molar-refractivity contribution in [2.45, 2.75) is 13.2 Å². The maximum absolute atomic E-state index is 14.1. The van der Waals surface area contributed by atoms with E-state index in [1.54, 1.807) is 42.9 Å². The first kappa shape index (κ1) is 21.9. The number of nitriles is 1. The average molecular weight is 448 g/mol. The lowest BCUT2D eigenvalue weighted by molar-refractivity contribution is 0.270. The quantitative estimate of drug-likeness (QED) is 0.424. The molecule has 0 fully saturated rings. The minimum atomic E-state index is -0.493. The van der Waals surface area contributed by atoms with Gasteiger partial charge in [-0.3, -0.25) is 0 Å². The van der Waals surface area contributed by atoms with Crippen LogP contribution in [-0.2, 0) is 20.2 Å². The molecule has 3 N–H and O–H groups in total. The Labute approximate surface area is 189 Å². The molecule has 168 valence electrons. The molecule has 0 saturated carbocycles. The number of halogens is 1. The fourth-order valence-corrected chi connectivity index (χ4v) is 3.23. The predicted octanol–water partition coefficient (Wildman–Crippen LogP) is 3.24. The Bertz CT molecular complexity index is 1310. The molecule has 0 atom stereocenters. The third-order valence-electron chi connectivity index (χ3n) is 4.93. The molecule has 0 unspecified atom stereocenters. The number of aromatic nitrogens is 4. The number of aliphatic hydroxyl groups excluding tert-OH is 1. The van der Waals surface area contributed by atoms with Crippen LogP contribution in [0.25, 0.3) is 11.3 Å². The highest BCUT2D eigenvalue weighted by Gasteiger charge is 2.17. The van der Waals surface area contributed by atoms with E-state index in [-0.39, 0.29) is 36.9 Å². The molecular formula is C23H21FN6O3. The van der Waals surface area contributed by atoms with Crippen molar-refractivity contribution in [2.24, 2.45) is 7.05 Å². The van der Waals surface area contributed by atoms with E-state index in [1.807, 2.05) is 11.6 Å². The van der Waals surface area contributed by atoms with Gasteiger partial charge < -0.3 is 24.9 Å². The highest BCUT2D eigenvalue weighted by Crippen LogP contribution is 2.31. The summed E-state index contributed by atoms with van der Waals surface area (Å²) >= 11 is 0. The predicted molar refractivity (Wildman–Crippen MR) is 118 cm³/mol. The molecule has 0 amide bonds. The molecule has 0 spiro atoms. The molecule has 4 rings (SSSR count). The van der Waals surface area contributed by atoms with Crippen molar-refractivity contribution in [3.63, 3.8) is 0 Å². The number of nitrogens with zero attached hydrogens (tertiary/aromatic N) is 5. The first-order chi connectivity index (χ1) is 16.0. The summed E-state index contributed by atoms with van der Waals surface area (Å²) in [6.45, 7) is 0.276. The third-order valence-corrected chi connectivity index (χ3v) is 4.93. The first-order valence-electron chi connectivity index (χ1n) is 10.0. The van der Waals surface area contributed by atoms with Crippen LogP contribution in [0.15, 0.2) is 55.0 Å². The zero-order valence-corrected chi connectivity index (χ0v) is 17.8. The van der Waals surface area contributed by atoms with Crippen LogP contribution in [0.5, 0.6) is 17.2 Å². The van der Waals surface area contributed by atoms with Crippen LogP contribution in [0.1, 0.15) is 11.3 Å². The second-order valence-electron chi connectivity index (χ2n) is 7.20. The summed E-state index contributed by atoms with van der Waals surface area (Å²) in [5.74, 6) is 0.763. The maximum atomic E-state index is 14.1. The van der Waals surface area contributed by atoms with Crippen LogP contribution in [0.4, 0.5) is 10.2 Å². The Morgan fingerprint density at radius 2 is 1.91 bits per heavy atom. The van der Waals surface area contributed by atoms with Crippen molar-refractivity contribution < 1.29 is 19.0 Å². The Morgan fingerprint density at radius 3 is 2.58 bits per heavy atom. The van der Waals surface area contributed by atoms with Gasteiger partial charge in [-0.25, -0.2) is 14.1 Å². The Hall–Kier alpha value is -4.36. The van der Waals surface area contributed by atoms with Crippen molar-refractivity contribution in [1.82, 2.24) is 19.3 Å². The number of anilines is 1. The van der Waals surface area contributed by atoms with Crippen molar-refractivity contribution in [1.29, 1.82) is 5.26 Å². The van der Waals surface area contributed by atoms with Gasteiger partial charge in [0.05, 0.1) is 31.4 Å². The smallest absolute Gasteiger partial charge is 0.140 e. The Kier molecular flexibility index (Phi) is 6.24. The van der Waals surface area contributed by atoms with Gasteiger partial charge in [-0.15, -0.1) is 0 Å². The molecule has 0 aliphatic carbocycles. The van der Waals surface area contributed by atoms with Crippen molar-refractivity contribution in [3.8, 4) is 34.6 Å². The van der Waals surface area contributed by atoms with Crippen molar-refractivity contribution in [2.75, 3.05) is 12.3 Å². The highest BCUT2D eigenvalue weighted by molar-refractivity contribution is 5.73. The summed E-state index contributed by atoms with van der Waals surface area (Å²) in [7, 11) is 1.85. The average Bonchev–Trinajstić information content (AvgIpc) is 3.35. The van der Waals surface area contributed by atoms with E-state index in [0.717, 1.165) is 5.69 Å². The van der Waals surface area contributed by atoms with Crippen LogP contribution < -0.4 is 15.2 Å². The number of aryl methyl sites for hydroxylation is 1. The summed E-state index contributed by atoms with van der Waals surface area (Å²) in [5, 5.41) is 22.9.